The molecular formula is C10H13F7O3. The van der Waals surface area contributed by atoms with E-state index >= 15 is 0 Å². The Bertz CT molecular complexity index is 327. The highest BCUT2D eigenvalue weighted by atomic mass is 19.4. The third-order valence-corrected chi connectivity index (χ3v) is 2.02. The Hall–Kier alpha value is -1.06. The maximum atomic E-state index is 12.9. The normalized spacial score (nSPS) is 15.1. The Morgan fingerprint density at radius 1 is 1.10 bits per heavy atom. The van der Waals surface area contributed by atoms with Crippen LogP contribution >= 0.6 is 0 Å². The molecule has 0 rings (SSSR count). The lowest BCUT2D eigenvalue weighted by Crippen LogP contribution is -2.57. The molecule has 0 spiro atoms. The molecule has 0 aliphatic carbocycles. The van der Waals surface area contributed by atoms with Crippen LogP contribution in [0.2, 0.25) is 0 Å². The Morgan fingerprint density at radius 2 is 1.60 bits per heavy atom. The van der Waals surface area contributed by atoms with E-state index in [-0.39, 0.29) is 6.61 Å². The molecule has 0 bridgehead atoms. The Labute approximate surface area is 110 Å². The second kappa shape index (κ2) is 6.59. The number of alkyl halides is 7. The molecule has 1 atom stereocenters. The van der Waals surface area contributed by atoms with Gasteiger partial charge in [0.2, 0.25) is 0 Å². The summed E-state index contributed by atoms with van der Waals surface area (Å²) in [5.41, 5.74) is 0. The highest BCUT2D eigenvalue weighted by molar-refractivity contribution is 5.79. The molecule has 0 saturated carbocycles. The maximum absolute atomic E-state index is 12.9. The molecule has 20 heavy (non-hydrogen) atoms. The van der Waals surface area contributed by atoms with Gasteiger partial charge in [0.1, 0.15) is 6.10 Å². The lowest BCUT2D eigenvalue weighted by Gasteiger charge is -2.27. The van der Waals surface area contributed by atoms with Crippen molar-refractivity contribution in [3.8, 4) is 0 Å². The van der Waals surface area contributed by atoms with Crippen LogP contribution in [-0.2, 0) is 14.3 Å². The molecule has 10 heteroatoms. The van der Waals surface area contributed by atoms with E-state index in [1.54, 1.807) is 6.92 Å². The van der Waals surface area contributed by atoms with Crippen LogP contribution in [0.15, 0.2) is 0 Å². The zero-order valence-corrected chi connectivity index (χ0v) is 10.6. The summed E-state index contributed by atoms with van der Waals surface area (Å²) in [5, 5.41) is 0. The lowest BCUT2D eigenvalue weighted by molar-refractivity contribution is -0.349. The average Bonchev–Trinajstić information content (AvgIpc) is 2.27. The van der Waals surface area contributed by atoms with Crippen molar-refractivity contribution < 1.29 is 45.0 Å². The summed E-state index contributed by atoms with van der Waals surface area (Å²) in [6, 6.07) is 0. The minimum Gasteiger partial charge on any atom is -0.456 e. The maximum Gasteiger partial charge on any atom is 0.460 e. The van der Waals surface area contributed by atoms with Crippen LogP contribution in [0.1, 0.15) is 20.3 Å². The topological polar surface area (TPSA) is 35.5 Å². The van der Waals surface area contributed by atoms with Crippen molar-refractivity contribution in [3.63, 3.8) is 0 Å². The van der Waals surface area contributed by atoms with Crippen LogP contribution in [0.4, 0.5) is 30.7 Å². The van der Waals surface area contributed by atoms with Crippen LogP contribution in [-0.4, -0.2) is 43.3 Å². The van der Waals surface area contributed by atoms with Gasteiger partial charge in [-0.1, -0.05) is 6.92 Å². The molecular weight excluding hydrogens is 301 g/mol. The van der Waals surface area contributed by atoms with E-state index in [0.29, 0.717) is 6.42 Å². The van der Waals surface area contributed by atoms with Crippen molar-refractivity contribution in [2.24, 2.45) is 0 Å². The standard InChI is InChI=1S/C10H13F7O3/c1-3-4-19-5-6(2)20-7(18)8(11,12)9(13,14)10(15,16)17/h6H,3-5H2,1-2H3. The molecule has 0 aliphatic rings. The smallest absolute Gasteiger partial charge is 0.456 e. The summed E-state index contributed by atoms with van der Waals surface area (Å²) >= 11 is 0. The van der Waals surface area contributed by atoms with Crippen LogP contribution in [0.5, 0.6) is 0 Å². The molecule has 0 radical (unpaired) electrons. The molecule has 0 aromatic rings. The minimum absolute atomic E-state index is 0.191. The van der Waals surface area contributed by atoms with Gasteiger partial charge < -0.3 is 9.47 Å². The molecule has 0 amide bonds. The third kappa shape index (κ3) is 4.22. The predicted octanol–water partition coefficient (Wildman–Crippen LogP) is 3.18. The first kappa shape index (κ1) is 18.9. The fourth-order valence-corrected chi connectivity index (χ4v) is 0.991. The zero-order chi connectivity index (χ0) is 16.2. The van der Waals surface area contributed by atoms with Gasteiger partial charge in [0.25, 0.3) is 0 Å². The number of rotatable bonds is 7. The Balaban J connectivity index is 4.75. The van der Waals surface area contributed by atoms with E-state index in [1.165, 1.54) is 0 Å². The van der Waals surface area contributed by atoms with E-state index in [2.05, 4.69) is 4.74 Å². The molecule has 0 heterocycles. The number of hydrogen-bond acceptors (Lipinski definition) is 3. The summed E-state index contributed by atoms with van der Waals surface area (Å²) in [7, 11) is 0. The number of carbonyl (C=O) groups excluding carboxylic acids is 1. The number of esters is 1. The largest absolute Gasteiger partial charge is 0.460 e. The van der Waals surface area contributed by atoms with Gasteiger partial charge in [-0.25, -0.2) is 4.79 Å². The van der Waals surface area contributed by atoms with Crippen molar-refractivity contribution >= 4 is 5.97 Å². The van der Waals surface area contributed by atoms with Gasteiger partial charge in [-0.15, -0.1) is 0 Å². The van der Waals surface area contributed by atoms with Gasteiger partial charge in [-0.2, -0.15) is 30.7 Å². The molecule has 1 unspecified atom stereocenters. The van der Waals surface area contributed by atoms with Gasteiger partial charge >= 0.3 is 24.0 Å². The first-order chi connectivity index (χ1) is 8.88. The van der Waals surface area contributed by atoms with Gasteiger partial charge in [-0.3, -0.25) is 0 Å². The number of halogens is 7. The second-order valence-electron chi connectivity index (χ2n) is 3.94. The van der Waals surface area contributed by atoms with Gasteiger partial charge in [0.15, 0.2) is 0 Å². The van der Waals surface area contributed by atoms with Crippen LogP contribution in [0.25, 0.3) is 0 Å². The van der Waals surface area contributed by atoms with E-state index in [1.807, 2.05) is 0 Å². The molecule has 0 N–H and O–H groups in total. The van der Waals surface area contributed by atoms with Crippen LogP contribution in [0.3, 0.4) is 0 Å². The van der Waals surface area contributed by atoms with E-state index in [9.17, 15) is 35.5 Å². The lowest BCUT2D eigenvalue weighted by atomic mass is 10.1. The first-order valence-corrected chi connectivity index (χ1v) is 5.49. The van der Waals surface area contributed by atoms with Crippen LogP contribution < -0.4 is 0 Å². The molecule has 120 valence electrons. The number of ether oxygens (including phenoxy) is 2. The highest BCUT2D eigenvalue weighted by Crippen LogP contribution is 2.47. The van der Waals surface area contributed by atoms with Crippen molar-refractivity contribution in [2.75, 3.05) is 13.2 Å². The molecule has 0 aliphatic heterocycles. The summed E-state index contributed by atoms with van der Waals surface area (Å²) < 4.78 is 94.8. The molecule has 0 aromatic carbocycles. The molecule has 0 saturated heterocycles. The predicted molar refractivity (Wildman–Crippen MR) is 52.6 cm³/mol. The second-order valence-corrected chi connectivity index (χ2v) is 3.94. The first-order valence-electron chi connectivity index (χ1n) is 5.49. The van der Waals surface area contributed by atoms with Gasteiger partial charge in [-0.05, 0) is 13.3 Å². The summed E-state index contributed by atoms with van der Waals surface area (Å²) in [6.45, 7) is 2.54. The number of carbonyl (C=O) groups is 1. The quantitative estimate of drug-likeness (QED) is 0.411. The molecule has 3 nitrogen and oxygen atoms in total. The van der Waals surface area contributed by atoms with Crippen molar-refractivity contribution in [1.29, 1.82) is 0 Å². The van der Waals surface area contributed by atoms with Crippen LogP contribution in [0, 0.1) is 0 Å². The van der Waals surface area contributed by atoms with Crippen molar-refractivity contribution in [2.45, 2.75) is 44.4 Å². The fraction of sp³-hybridized carbons (Fsp3) is 0.900. The monoisotopic (exact) mass is 314 g/mol. The fourth-order valence-electron chi connectivity index (χ4n) is 0.991. The summed E-state index contributed by atoms with van der Waals surface area (Å²) in [5.74, 6) is -15.5. The third-order valence-electron chi connectivity index (χ3n) is 2.02. The average molecular weight is 314 g/mol. The Morgan fingerprint density at radius 3 is 2.00 bits per heavy atom. The van der Waals surface area contributed by atoms with Gasteiger partial charge in [0.05, 0.1) is 6.61 Å². The Kier molecular flexibility index (Phi) is 6.25. The highest BCUT2D eigenvalue weighted by Gasteiger charge is 2.77. The molecule has 0 fully saturated rings. The van der Waals surface area contributed by atoms with E-state index in [0.717, 1.165) is 6.92 Å². The van der Waals surface area contributed by atoms with Crippen molar-refractivity contribution in [3.05, 3.63) is 0 Å². The SMILES string of the molecule is CCCOCC(C)OC(=O)C(F)(F)C(F)(F)C(F)(F)F. The van der Waals surface area contributed by atoms with E-state index in [4.69, 9.17) is 4.74 Å². The summed E-state index contributed by atoms with van der Waals surface area (Å²) in [4.78, 5) is 10.8. The number of hydrogen-bond donors (Lipinski definition) is 0. The van der Waals surface area contributed by atoms with Crippen molar-refractivity contribution in [1.82, 2.24) is 0 Å². The zero-order valence-electron chi connectivity index (χ0n) is 10.6. The van der Waals surface area contributed by atoms with Gasteiger partial charge in [0, 0.05) is 6.61 Å². The summed E-state index contributed by atoms with van der Waals surface area (Å²) in [6.07, 6.45) is -7.40. The van der Waals surface area contributed by atoms with E-state index < -0.39 is 36.7 Å². The minimum atomic E-state index is -6.57. The molecule has 0 aromatic heterocycles.